The summed E-state index contributed by atoms with van der Waals surface area (Å²) in [5, 5.41) is 8.09. The van der Waals surface area contributed by atoms with Gasteiger partial charge in [-0.3, -0.25) is 4.79 Å². The maximum Gasteiger partial charge on any atom is 0.276 e. The molecular formula is C13H13FN2O2S. The number of rotatable bonds is 6. The van der Waals surface area contributed by atoms with Crippen LogP contribution in [0.3, 0.4) is 0 Å². The molecule has 6 heteroatoms. The van der Waals surface area contributed by atoms with Crippen LogP contribution in [-0.2, 0) is 0 Å². The number of aromatic nitrogens is 2. The van der Waals surface area contributed by atoms with E-state index in [1.54, 1.807) is 6.92 Å². The van der Waals surface area contributed by atoms with E-state index in [0.29, 0.717) is 29.5 Å². The molecule has 19 heavy (non-hydrogen) atoms. The summed E-state index contributed by atoms with van der Waals surface area (Å²) >= 11 is 1.43. The molecule has 0 saturated carbocycles. The Morgan fingerprint density at radius 1 is 1.32 bits per heavy atom. The zero-order valence-corrected chi connectivity index (χ0v) is 11.2. The molecule has 100 valence electrons. The van der Waals surface area contributed by atoms with Crippen LogP contribution < -0.4 is 0 Å². The van der Waals surface area contributed by atoms with Crippen molar-refractivity contribution in [1.29, 1.82) is 0 Å². The highest BCUT2D eigenvalue weighted by molar-refractivity contribution is 7.99. The van der Waals surface area contributed by atoms with Crippen LogP contribution in [0.1, 0.15) is 29.1 Å². The van der Waals surface area contributed by atoms with E-state index in [0.717, 1.165) is 5.75 Å². The first-order valence-corrected chi connectivity index (χ1v) is 6.85. The number of thioether (sulfide) groups is 1. The van der Waals surface area contributed by atoms with Gasteiger partial charge < -0.3 is 4.42 Å². The van der Waals surface area contributed by atoms with Gasteiger partial charge in [-0.2, -0.15) is 0 Å². The lowest BCUT2D eigenvalue weighted by molar-refractivity contribution is 0.0982. The lowest BCUT2D eigenvalue weighted by atomic mass is 10.1. The molecule has 0 unspecified atom stereocenters. The lowest BCUT2D eigenvalue weighted by Crippen LogP contribution is -1.99. The molecule has 1 aromatic heterocycles. The molecule has 0 saturated heterocycles. The van der Waals surface area contributed by atoms with E-state index in [1.165, 1.54) is 36.0 Å². The van der Waals surface area contributed by atoms with E-state index in [9.17, 15) is 9.18 Å². The highest BCUT2D eigenvalue weighted by Gasteiger charge is 2.07. The van der Waals surface area contributed by atoms with Gasteiger partial charge in [0.15, 0.2) is 5.78 Å². The smallest absolute Gasteiger partial charge is 0.276 e. The molecule has 0 aliphatic rings. The van der Waals surface area contributed by atoms with Crippen molar-refractivity contribution in [2.45, 2.75) is 25.0 Å². The maximum atomic E-state index is 12.7. The Bertz CT molecular complexity index is 554. The van der Waals surface area contributed by atoms with Crippen molar-refractivity contribution < 1.29 is 13.6 Å². The van der Waals surface area contributed by atoms with E-state index in [2.05, 4.69) is 10.2 Å². The third kappa shape index (κ3) is 4.17. The van der Waals surface area contributed by atoms with Crippen LogP contribution >= 0.6 is 11.8 Å². The predicted molar refractivity (Wildman–Crippen MR) is 69.7 cm³/mol. The number of carbonyl (C=O) groups is 1. The number of ketones is 1. The topological polar surface area (TPSA) is 56.0 Å². The van der Waals surface area contributed by atoms with Crippen LogP contribution in [0.5, 0.6) is 0 Å². The standard InChI is InChI=1S/C13H13FN2O2S/c1-9-15-16-13(18-9)19-8-2-3-12(17)10-4-6-11(14)7-5-10/h4-7H,2-3,8H2,1H3. The summed E-state index contributed by atoms with van der Waals surface area (Å²) in [7, 11) is 0. The Balaban J connectivity index is 1.73. The second-order valence-corrected chi connectivity index (χ2v) is 5.02. The molecule has 4 nitrogen and oxygen atoms in total. The van der Waals surface area contributed by atoms with Crippen molar-refractivity contribution in [2.75, 3.05) is 5.75 Å². The summed E-state index contributed by atoms with van der Waals surface area (Å²) in [4.78, 5) is 11.8. The quantitative estimate of drug-likeness (QED) is 0.462. The molecular weight excluding hydrogens is 267 g/mol. The average molecular weight is 280 g/mol. The Morgan fingerprint density at radius 3 is 2.68 bits per heavy atom. The average Bonchev–Trinajstić information content (AvgIpc) is 2.81. The Morgan fingerprint density at radius 2 is 2.05 bits per heavy atom. The van der Waals surface area contributed by atoms with Crippen molar-refractivity contribution >= 4 is 17.5 Å². The third-order valence-corrected chi connectivity index (χ3v) is 3.35. The van der Waals surface area contributed by atoms with Crippen molar-refractivity contribution in [3.63, 3.8) is 0 Å². The minimum atomic E-state index is -0.334. The maximum absolute atomic E-state index is 12.7. The van der Waals surface area contributed by atoms with E-state index in [-0.39, 0.29) is 11.6 Å². The van der Waals surface area contributed by atoms with Gasteiger partial charge in [0.1, 0.15) is 5.82 Å². The van der Waals surface area contributed by atoms with Crippen LogP contribution in [0.15, 0.2) is 33.9 Å². The summed E-state index contributed by atoms with van der Waals surface area (Å²) in [6, 6.07) is 5.60. The van der Waals surface area contributed by atoms with Crippen LogP contribution in [0, 0.1) is 12.7 Å². The van der Waals surface area contributed by atoms with Crippen LogP contribution in [-0.4, -0.2) is 21.7 Å². The van der Waals surface area contributed by atoms with Gasteiger partial charge in [-0.25, -0.2) is 4.39 Å². The molecule has 0 N–H and O–H groups in total. The van der Waals surface area contributed by atoms with E-state index < -0.39 is 0 Å². The predicted octanol–water partition coefficient (Wildman–Crippen LogP) is 3.27. The Labute approximate surface area is 114 Å². The fourth-order valence-corrected chi connectivity index (χ4v) is 2.25. The second kappa shape index (κ2) is 6.47. The molecule has 0 fully saturated rings. The zero-order valence-electron chi connectivity index (χ0n) is 10.4. The van der Waals surface area contributed by atoms with Gasteiger partial charge in [-0.15, -0.1) is 10.2 Å². The highest BCUT2D eigenvalue weighted by atomic mass is 32.2. The summed E-state index contributed by atoms with van der Waals surface area (Å²) in [5.74, 6) is 0.945. The third-order valence-electron chi connectivity index (χ3n) is 2.45. The second-order valence-electron chi connectivity index (χ2n) is 3.97. The highest BCUT2D eigenvalue weighted by Crippen LogP contribution is 2.18. The first-order valence-electron chi connectivity index (χ1n) is 5.87. The summed E-state index contributed by atoms with van der Waals surface area (Å²) < 4.78 is 17.9. The van der Waals surface area contributed by atoms with E-state index in [1.807, 2.05) is 0 Å². The Kier molecular flexibility index (Phi) is 4.68. The molecule has 0 aliphatic heterocycles. The molecule has 0 radical (unpaired) electrons. The van der Waals surface area contributed by atoms with Crippen LogP contribution in [0.2, 0.25) is 0 Å². The molecule has 0 spiro atoms. The molecule has 2 aromatic rings. The number of hydrogen-bond acceptors (Lipinski definition) is 5. The van der Waals surface area contributed by atoms with Gasteiger partial charge in [0, 0.05) is 24.7 Å². The van der Waals surface area contributed by atoms with Gasteiger partial charge in [-0.05, 0) is 30.7 Å². The molecule has 0 bridgehead atoms. The zero-order chi connectivity index (χ0) is 13.7. The molecule has 1 aromatic carbocycles. The first-order chi connectivity index (χ1) is 9.15. The Hall–Kier alpha value is -1.69. The van der Waals surface area contributed by atoms with Crippen molar-refractivity contribution in [3.05, 3.63) is 41.5 Å². The summed E-state index contributed by atoms with van der Waals surface area (Å²) in [6.45, 7) is 1.73. The number of halogens is 1. The lowest BCUT2D eigenvalue weighted by Gasteiger charge is -2.00. The number of nitrogens with zero attached hydrogens (tertiary/aromatic N) is 2. The van der Waals surface area contributed by atoms with Crippen molar-refractivity contribution in [1.82, 2.24) is 10.2 Å². The number of carbonyl (C=O) groups excluding carboxylic acids is 1. The van der Waals surface area contributed by atoms with Gasteiger partial charge >= 0.3 is 0 Å². The molecule has 1 heterocycles. The van der Waals surface area contributed by atoms with E-state index >= 15 is 0 Å². The summed E-state index contributed by atoms with van der Waals surface area (Å²) in [5.41, 5.74) is 0.542. The monoisotopic (exact) mass is 280 g/mol. The number of hydrogen-bond donors (Lipinski definition) is 0. The van der Waals surface area contributed by atoms with E-state index in [4.69, 9.17) is 4.42 Å². The fourth-order valence-electron chi connectivity index (χ4n) is 1.51. The molecule has 0 atom stereocenters. The van der Waals surface area contributed by atoms with Gasteiger partial charge in [0.2, 0.25) is 5.89 Å². The minimum Gasteiger partial charge on any atom is -0.416 e. The summed E-state index contributed by atoms with van der Waals surface area (Å²) in [6.07, 6.45) is 1.13. The van der Waals surface area contributed by atoms with Gasteiger partial charge in [-0.1, -0.05) is 11.8 Å². The first kappa shape index (κ1) is 13.7. The fraction of sp³-hybridized carbons (Fsp3) is 0.308. The molecule has 0 amide bonds. The minimum absolute atomic E-state index is 0.0160. The molecule has 0 aliphatic carbocycles. The van der Waals surface area contributed by atoms with Crippen molar-refractivity contribution in [3.8, 4) is 0 Å². The van der Waals surface area contributed by atoms with Crippen LogP contribution in [0.4, 0.5) is 4.39 Å². The van der Waals surface area contributed by atoms with Gasteiger partial charge in [0.25, 0.3) is 5.22 Å². The number of Topliss-reactive ketones (excluding diaryl/α,β-unsaturated/α-hetero) is 1. The number of aryl methyl sites for hydroxylation is 1. The SMILES string of the molecule is Cc1nnc(SCCCC(=O)c2ccc(F)cc2)o1. The largest absolute Gasteiger partial charge is 0.416 e. The normalized spacial score (nSPS) is 10.6. The molecule has 2 rings (SSSR count). The van der Waals surface area contributed by atoms with Crippen LogP contribution in [0.25, 0.3) is 0 Å². The number of benzene rings is 1. The van der Waals surface area contributed by atoms with Crippen molar-refractivity contribution in [2.24, 2.45) is 0 Å². The van der Waals surface area contributed by atoms with Gasteiger partial charge in [0.05, 0.1) is 0 Å².